The lowest BCUT2D eigenvalue weighted by Crippen LogP contribution is -2.59. The van der Waals surface area contributed by atoms with Crippen LogP contribution >= 0.6 is 0 Å². The van der Waals surface area contributed by atoms with Crippen molar-refractivity contribution in [2.24, 2.45) is 5.92 Å². The van der Waals surface area contributed by atoms with Crippen LogP contribution in [0.3, 0.4) is 0 Å². The van der Waals surface area contributed by atoms with Crippen LogP contribution < -0.4 is 4.72 Å². The molecule has 2 fully saturated rings. The Morgan fingerprint density at radius 2 is 1.86 bits per heavy atom. The Morgan fingerprint density at radius 1 is 1.23 bits per heavy atom. The number of aliphatic carboxylic acids is 1. The zero-order chi connectivity index (χ0) is 16.4. The molecule has 1 amide bonds. The van der Waals surface area contributed by atoms with E-state index in [-0.39, 0.29) is 12.5 Å². The third-order valence-electron chi connectivity index (χ3n) is 4.86. The lowest BCUT2D eigenvalue weighted by atomic mass is 9.73. The summed E-state index contributed by atoms with van der Waals surface area (Å²) < 4.78 is 24.5. The first-order valence-corrected chi connectivity index (χ1v) is 9.65. The molecule has 0 aromatic heterocycles. The number of hydrogen-bond donors (Lipinski definition) is 2. The summed E-state index contributed by atoms with van der Waals surface area (Å²) in [4.78, 5) is 25.8. The Bertz CT molecular complexity index is 541. The van der Waals surface area contributed by atoms with Gasteiger partial charge in [0.25, 0.3) is 0 Å². The van der Waals surface area contributed by atoms with E-state index in [4.69, 9.17) is 0 Å². The zero-order valence-corrected chi connectivity index (χ0v) is 13.7. The SMILES string of the molecule is CS(=O)(=O)NCC(=O)N1CCC[C@]1(C(=O)O)C1CCCCC1. The van der Waals surface area contributed by atoms with E-state index in [1.165, 1.54) is 4.90 Å². The fourth-order valence-corrected chi connectivity index (χ4v) is 4.26. The average Bonchev–Trinajstić information content (AvgIpc) is 2.91. The smallest absolute Gasteiger partial charge is 0.329 e. The molecule has 126 valence electrons. The minimum Gasteiger partial charge on any atom is -0.479 e. The molecule has 0 unspecified atom stereocenters. The lowest BCUT2D eigenvalue weighted by molar-refractivity contribution is -0.161. The van der Waals surface area contributed by atoms with E-state index in [0.29, 0.717) is 19.4 Å². The Morgan fingerprint density at radius 3 is 2.41 bits per heavy atom. The van der Waals surface area contributed by atoms with Crippen molar-refractivity contribution in [3.05, 3.63) is 0 Å². The molecular weight excluding hydrogens is 308 g/mol. The number of carboxylic acids is 1. The van der Waals surface area contributed by atoms with Crippen molar-refractivity contribution in [1.82, 2.24) is 9.62 Å². The number of carboxylic acid groups (broad SMARTS) is 1. The van der Waals surface area contributed by atoms with E-state index < -0.39 is 27.4 Å². The first-order chi connectivity index (χ1) is 10.3. The van der Waals surface area contributed by atoms with Crippen LogP contribution in [0, 0.1) is 5.92 Å². The predicted octanol–water partition coefficient (Wildman–Crippen LogP) is 0.562. The molecule has 1 atom stereocenters. The molecule has 0 radical (unpaired) electrons. The lowest BCUT2D eigenvalue weighted by Gasteiger charge is -2.42. The highest BCUT2D eigenvalue weighted by molar-refractivity contribution is 7.88. The molecule has 0 spiro atoms. The van der Waals surface area contributed by atoms with E-state index >= 15 is 0 Å². The highest BCUT2D eigenvalue weighted by Gasteiger charge is 2.54. The number of nitrogens with zero attached hydrogens (tertiary/aromatic N) is 1. The monoisotopic (exact) mass is 332 g/mol. The zero-order valence-electron chi connectivity index (χ0n) is 12.9. The molecule has 1 heterocycles. The maximum Gasteiger partial charge on any atom is 0.329 e. The normalized spacial score (nSPS) is 27.0. The maximum atomic E-state index is 12.4. The van der Waals surface area contributed by atoms with Gasteiger partial charge in [0.1, 0.15) is 5.54 Å². The summed E-state index contributed by atoms with van der Waals surface area (Å²) in [7, 11) is -3.48. The van der Waals surface area contributed by atoms with Crippen molar-refractivity contribution in [2.75, 3.05) is 19.3 Å². The number of carbonyl (C=O) groups is 2. The minimum absolute atomic E-state index is 0.0385. The molecule has 1 aliphatic heterocycles. The molecule has 2 rings (SSSR count). The second-order valence-electron chi connectivity index (χ2n) is 6.31. The summed E-state index contributed by atoms with van der Waals surface area (Å²) in [5.41, 5.74) is -1.16. The van der Waals surface area contributed by atoms with Crippen molar-refractivity contribution < 1.29 is 23.1 Å². The standard InChI is InChI=1S/C14H24N2O5S/c1-22(20,21)15-10-12(17)16-9-5-8-14(16,13(18)19)11-6-3-2-4-7-11/h11,15H,2-10H2,1H3,(H,18,19)/t14-/m1/s1. The number of sulfonamides is 1. The summed E-state index contributed by atoms with van der Waals surface area (Å²) in [5.74, 6) is -1.44. The topological polar surface area (TPSA) is 104 Å². The van der Waals surface area contributed by atoms with Crippen LogP contribution in [0.25, 0.3) is 0 Å². The second kappa shape index (κ2) is 6.54. The largest absolute Gasteiger partial charge is 0.479 e. The van der Waals surface area contributed by atoms with Gasteiger partial charge in [-0.1, -0.05) is 19.3 Å². The summed E-state index contributed by atoms with van der Waals surface area (Å²) >= 11 is 0. The fourth-order valence-electron chi connectivity index (χ4n) is 3.88. The molecule has 2 aliphatic rings. The molecule has 1 saturated carbocycles. The van der Waals surface area contributed by atoms with Crippen molar-refractivity contribution in [1.29, 1.82) is 0 Å². The summed E-state index contributed by atoms with van der Waals surface area (Å²) in [6.07, 6.45) is 6.80. The Hall–Kier alpha value is -1.15. The molecule has 1 saturated heterocycles. The van der Waals surface area contributed by atoms with Crippen LogP contribution in [0.2, 0.25) is 0 Å². The van der Waals surface area contributed by atoms with Gasteiger partial charge in [0.05, 0.1) is 12.8 Å². The van der Waals surface area contributed by atoms with E-state index in [9.17, 15) is 23.1 Å². The van der Waals surface area contributed by atoms with Crippen LogP contribution in [0.15, 0.2) is 0 Å². The third-order valence-corrected chi connectivity index (χ3v) is 5.53. The fraction of sp³-hybridized carbons (Fsp3) is 0.857. The summed E-state index contributed by atoms with van der Waals surface area (Å²) in [5, 5.41) is 9.83. The Kier molecular flexibility index (Phi) is 5.11. The molecule has 0 aromatic carbocycles. The molecule has 22 heavy (non-hydrogen) atoms. The molecule has 0 aromatic rings. The number of hydrogen-bond acceptors (Lipinski definition) is 4. The van der Waals surface area contributed by atoms with Crippen molar-refractivity contribution in [3.8, 4) is 0 Å². The van der Waals surface area contributed by atoms with Crippen molar-refractivity contribution in [3.63, 3.8) is 0 Å². The molecule has 0 bridgehead atoms. The van der Waals surface area contributed by atoms with Crippen LogP contribution in [0.1, 0.15) is 44.9 Å². The van der Waals surface area contributed by atoms with Crippen LogP contribution in [0.4, 0.5) is 0 Å². The van der Waals surface area contributed by atoms with Gasteiger partial charge in [-0.3, -0.25) is 4.79 Å². The van der Waals surface area contributed by atoms with Crippen LogP contribution in [-0.4, -0.2) is 55.2 Å². The van der Waals surface area contributed by atoms with Gasteiger partial charge in [-0.15, -0.1) is 0 Å². The van der Waals surface area contributed by atoms with Gasteiger partial charge in [-0.05, 0) is 31.6 Å². The van der Waals surface area contributed by atoms with Gasteiger partial charge in [0.2, 0.25) is 15.9 Å². The van der Waals surface area contributed by atoms with Gasteiger partial charge in [-0.2, -0.15) is 0 Å². The average molecular weight is 332 g/mol. The number of amides is 1. The molecule has 7 nitrogen and oxygen atoms in total. The number of likely N-dealkylation sites (tertiary alicyclic amines) is 1. The van der Waals surface area contributed by atoms with Gasteiger partial charge in [0.15, 0.2) is 0 Å². The van der Waals surface area contributed by atoms with Gasteiger partial charge < -0.3 is 10.0 Å². The number of rotatable bonds is 5. The minimum atomic E-state index is -3.48. The van der Waals surface area contributed by atoms with Crippen molar-refractivity contribution in [2.45, 2.75) is 50.5 Å². The first-order valence-electron chi connectivity index (χ1n) is 7.76. The highest BCUT2D eigenvalue weighted by atomic mass is 32.2. The second-order valence-corrected chi connectivity index (χ2v) is 8.14. The summed E-state index contributed by atoms with van der Waals surface area (Å²) in [6.45, 7) is 0.00760. The van der Waals surface area contributed by atoms with Gasteiger partial charge >= 0.3 is 5.97 Å². The van der Waals surface area contributed by atoms with Crippen LogP contribution in [-0.2, 0) is 19.6 Å². The first kappa shape index (κ1) is 17.2. The molecule has 2 N–H and O–H groups in total. The van der Waals surface area contributed by atoms with E-state index in [1.54, 1.807) is 0 Å². The molecule has 1 aliphatic carbocycles. The van der Waals surface area contributed by atoms with E-state index in [2.05, 4.69) is 4.72 Å². The van der Waals surface area contributed by atoms with Crippen LogP contribution in [0.5, 0.6) is 0 Å². The molecular formula is C14H24N2O5S. The highest BCUT2D eigenvalue weighted by Crippen LogP contribution is 2.43. The maximum absolute atomic E-state index is 12.4. The Labute approximate surface area is 131 Å². The Balaban J connectivity index is 2.20. The number of carbonyl (C=O) groups excluding carboxylic acids is 1. The molecule has 8 heteroatoms. The quantitative estimate of drug-likeness (QED) is 0.765. The third kappa shape index (κ3) is 3.43. The predicted molar refractivity (Wildman–Crippen MR) is 80.7 cm³/mol. The van der Waals surface area contributed by atoms with E-state index in [1.807, 2.05) is 0 Å². The number of nitrogens with one attached hydrogen (secondary N) is 1. The van der Waals surface area contributed by atoms with E-state index in [0.717, 1.165) is 38.4 Å². The summed E-state index contributed by atoms with van der Waals surface area (Å²) in [6, 6.07) is 0. The van der Waals surface area contributed by atoms with Gasteiger partial charge in [-0.25, -0.2) is 17.9 Å². The van der Waals surface area contributed by atoms with Gasteiger partial charge in [0, 0.05) is 6.54 Å². The van der Waals surface area contributed by atoms with Crippen molar-refractivity contribution >= 4 is 21.9 Å².